The monoisotopic (exact) mass is 392 g/mol. The van der Waals surface area contributed by atoms with Crippen LogP contribution in [-0.4, -0.2) is 74.2 Å². The number of sulfonamides is 1. The van der Waals surface area contributed by atoms with Crippen LogP contribution in [-0.2, 0) is 14.8 Å². The summed E-state index contributed by atoms with van der Waals surface area (Å²) in [7, 11) is -3.74. The van der Waals surface area contributed by atoms with Crippen LogP contribution in [0.3, 0.4) is 0 Å². The number of piperazine rings is 1. The van der Waals surface area contributed by atoms with Gasteiger partial charge in [0, 0.05) is 37.3 Å². The molecule has 0 aromatic heterocycles. The minimum Gasteiger partial charge on any atom is -0.354 e. The van der Waals surface area contributed by atoms with Crippen LogP contribution >= 0.6 is 0 Å². The second-order valence-electron chi connectivity index (χ2n) is 7.30. The van der Waals surface area contributed by atoms with Gasteiger partial charge in [-0.2, -0.15) is 4.31 Å². The summed E-state index contributed by atoms with van der Waals surface area (Å²) in [5.74, 6) is -0.339. The van der Waals surface area contributed by atoms with Crippen molar-refractivity contribution in [3.63, 3.8) is 0 Å². The number of hydrogen-bond acceptors (Lipinski definition) is 5. The van der Waals surface area contributed by atoms with Gasteiger partial charge in [0.1, 0.15) is 0 Å². The van der Waals surface area contributed by atoms with Crippen LogP contribution in [0.1, 0.15) is 29.6 Å². The van der Waals surface area contributed by atoms with Crippen molar-refractivity contribution in [2.75, 3.05) is 32.7 Å². The van der Waals surface area contributed by atoms with Crippen molar-refractivity contribution >= 4 is 21.8 Å². The summed E-state index contributed by atoms with van der Waals surface area (Å²) in [6.07, 6.45) is 2.99. The van der Waals surface area contributed by atoms with Gasteiger partial charge in [-0.05, 0) is 50.1 Å². The van der Waals surface area contributed by atoms with Crippen LogP contribution in [0.25, 0.3) is 0 Å². The number of carbonyl (C=O) groups excluding carboxylic acids is 2. The number of carbonyl (C=O) groups is 2. The Labute approximate surface area is 158 Å². The molecular formula is C18H24N4O4S. The highest BCUT2D eigenvalue weighted by molar-refractivity contribution is 7.89. The van der Waals surface area contributed by atoms with E-state index in [1.165, 1.54) is 16.4 Å². The van der Waals surface area contributed by atoms with E-state index in [-0.39, 0.29) is 41.9 Å². The summed E-state index contributed by atoms with van der Waals surface area (Å²) in [6, 6.07) is 6.56. The number of amides is 2. The molecule has 9 heteroatoms. The van der Waals surface area contributed by atoms with E-state index in [9.17, 15) is 18.0 Å². The predicted octanol–water partition coefficient (Wildman–Crippen LogP) is -0.226. The average Bonchev–Trinajstić information content (AvgIpc) is 2.94. The van der Waals surface area contributed by atoms with Gasteiger partial charge in [-0.15, -0.1) is 0 Å². The quantitative estimate of drug-likeness (QED) is 0.741. The number of rotatable bonds is 3. The van der Waals surface area contributed by atoms with Crippen LogP contribution in [0, 0.1) is 0 Å². The van der Waals surface area contributed by atoms with Crippen LogP contribution in [0.2, 0.25) is 0 Å². The summed E-state index contributed by atoms with van der Waals surface area (Å²) >= 11 is 0. The molecule has 2 atom stereocenters. The van der Waals surface area contributed by atoms with Gasteiger partial charge >= 0.3 is 0 Å². The first-order valence-corrected chi connectivity index (χ1v) is 10.8. The number of nitrogens with zero attached hydrogens (tertiary/aromatic N) is 2. The highest BCUT2D eigenvalue weighted by Gasteiger charge is 2.38. The molecule has 0 saturated carbocycles. The lowest BCUT2D eigenvalue weighted by Gasteiger charge is -2.28. The predicted molar refractivity (Wildman–Crippen MR) is 98.7 cm³/mol. The Hall–Kier alpha value is -1.97. The summed E-state index contributed by atoms with van der Waals surface area (Å²) < 4.78 is 26.6. The first-order valence-electron chi connectivity index (χ1n) is 9.37. The molecule has 2 amide bonds. The van der Waals surface area contributed by atoms with E-state index < -0.39 is 10.0 Å². The first kappa shape index (κ1) is 18.4. The Morgan fingerprint density at radius 1 is 1.04 bits per heavy atom. The van der Waals surface area contributed by atoms with Crippen molar-refractivity contribution in [3.05, 3.63) is 29.8 Å². The molecule has 1 aromatic rings. The normalized spacial score (nSPS) is 26.5. The Bertz CT molecular complexity index is 825. The minimum absolute atomic E-state index is 0.0347. The molecule has 146 valence electrons. The molecule has 0 spiro atoms. The van der Waals surface area contributed by atoms with Crippen molar-refractivity contribution < 1.29 is 18.0 Å². The van der Waals surface area contributed by atoms with Gasteiger partial charge in [0.05, 0.1) is 11.4 Å². The van der Waals surface area contributed by atoms with Crippen molar-refractivity contribution in [1.29, 1.82) is 0 Å². The molecule has 0 aliphatic carbocycles. The van der Waals surface area contributed by atoms with Crippen LogP contribution < -0.4 is 10.6 Å². The van der Waals surface area contributed by atoms with Gasteiger partial charge in [0.25, 0.3) is 5.91 Å². The zero-order chi connectivity index (χ0) is 19.0. The van der Waals surface area contributed by atoms with Crippen molar-refractivity contribution in [1.82, 2.24) is 19.8 Å². The van der Waals surface area contributed by atoms with Gasteiger partial charge in [-0.3, -0.25) is 9.59 Å². The Balaban J connectivity index is 1.53. The van der Waals surface area contributed by atoms with Crippen LogP contribution in [0.4, 0.5) is 0 Å². The molecule has 2 unspecified atom stereocenters. The van der Waals surface area contributed by atoms with Gasteiger partial charge in [-0.1, -0.05) is 0 Å². The fourth-order valence-corrected chi connectivity index (χ4v) is 5.60. The molecule has 0 radical (unpaired) electrons. The molecule has 3 aliphatic heterocycles. The molecule has 3 aliphatic rings. The van der Waals surface area contributed by atoms with Crippen LogP contribution in [0.5, 0.6) is 0 Å². The highest BCUT2D eigenvalue weighted by Crippen LogP contribution is 2.30. The van der Waals surface area contributed by atoms with E-state index in [2.05, 4.69) is 10.6 Å². The number of hydrogen-bond donors (Lipinski definition) is 2. The summed E-state index contributed by atoms with van der Waals surface area (Å²) in [6.45, 7) is 2.11. The molecule has 3 heterocycles. The molecular weight excluding hydrogens is 368 g/mol. The third kappa shape index (κ3) is 3.46. The zero-order valence-electron chi connectivity index (χ0n) is 15.1. The fourth-order valence-electron chi connectivity index (χ4n) is 4.20. The molecule has 4 rings (SSSR count). The third-order valence-corrected chi connectivity index (χ3v) is 7.49. The van der Waals surface area contributed by atoms with E-state index in [1.54, 1.807) is 12.1 Å². The highest BCUT2D eigenvalue weighted by atomic mass is 32.2. The smallest absolute Gasteiger partial charge is 0.254 e. The van der Waals surface area contributed by atoms with Crippen molar-refractivity contribution in [2.24, 2.45) is 0 Å². The van der Waals surface area contributed by atoms with E-state index >= 15 is 0 Å². The molecule has 3 saturated heterocycles. The van der Waals surface area contributed by atoms with Crippen LogP contribution in [0.15, 0.2) is 29.2 Å². The first-order chi connectivity index (χ1) is 13.0. The summed E-state index contributed by atoms with van der Waals surface area (Å²) in [5.41, 5.74) is 0.504. The second-order valence-corrected chi connectivity index (χ2v) is 9.24. The minimum atomic E-state index is -3.74. The van der Waals surface area contributed by atoms with Gasteiger partial charge in [0.15, 0.2) is 0 Å². The van der Waals surface area contributed by atoms with E-state index in [0.717, 1.165) is 32.4 Å². The maximum atomic E-state index is 13.0. The van der Waals surface area contributed by atoms with Gasteiger partial charge < -0.3 is 15.5 Å². The fraction of sp³-hybridized carbons (Fsp3) is 0.556. The lowest BCUT2D eigenvalue weighted by Crippen LogP contribution is -2.49. The van der Waals surface area contributed by atoms with E-state index in [0.29, 0.717) is 12.1 Å². The average molecular weight is 392 g/mol. The summed E-state index contributed by atoms with van der Waals surface area (Å²) in [5, 5.41) is 5.99. The molecule has 2 bridgehead atoms. The SMILES string of the molecule is O=C1CN(S(=O)(=O)c2ccc(C(=O)N3C4CCNCC3CC4)cc2)CCN1. The number of fused-ring (bicyclic) bond motifs is 2. The molecule has 2 N–H and O–H groups in total. The molecule has 27 heavy (non-hydrogen) atoms. The molecule has 8 nitrogen and oxygen atoms in total. The Kier molecular flexibility index (Phi) is 4.92. The third-order valence-electron chi connectivity index (χ3n) is 5.63. The van der Waals surface area contributed by atoms with E-state index in [1.807, 2.05) is 4.90 Å². The number of nitrogens with one attached hydrogen (secondary N) is 2. The lowest BCUT2D eigenvalue weighted by molar-refractivity contribution is -0.122. The van der Waals surface area contributed by atoms with Gasteiger partial charge in [0.2, 0.25) is 15.9 Å². The largest absolute Gasteiger partial charge is 0.354 e. The lowest BCUT2D eigenvalue weighted by atomic mass is 10.1. The molecule has 1 aromatic carbocycles. The Morgan fingerprint density at radius 3 is 2.52 bits per heavy atom. The van der Waals surface area contributed by atoms with Crippen molar-refractivity contribution in [2.45, 2.75) is 36.2 Å². The van der Waals surface area contributed by atoms with Gasteiger partial charge in [-0.25, -0.2) is 8.42 Å². The molecule has 3 fully saturated rings. The maximum absolute atomic E-state index is 13.0. The Morgan fingerprint density at radius 2 is 1.78 bits per heavy atom. The van der Waals surface area contributed by atoms with E-state index in [4.69, 9.17) is 0 Å². The second kappa shape index (κ2) is 7.21. The summed E-state index contributed by atoms with van der Waals surface area (Å²) in [4.78, 5) is 26.6. The van der Waals surface area contributed by atoms with Crippen molar-refractivity contribution in [3.8, 4) is 0 Å². The topological polar surface area (TPSA) is 98.8 Å². The zero-order valence-corrected chi connectivity index (χ0v) is 15.9. The number of benzene rings is 1. The maximum Gasteiger partial charge on any atom is 0.254 e. The standard InChI is InChI=1S/C18H24N4O4S/c23-17-12-21(10-9-20-17)27(25,26)16-5-1-13(2-6-16)18(24)22-14-3-4-15(22)11-19-8-7-14/h1-2,5-6,14-15,19H,3-4,7-12H2,(H,20,23).